The van der Waals surface area contributed by atoms with Crippen LogP contribution in [0.1, 0.15) is 35.3 Å². The van der Waals surface area contributed by atoms with Crippen molar-refractivity contribution in [1.29, 1.82) is 0 Å². The normalized spacial score (nSPS) is 20.8. The standard InChI is InChI=1S/C13H13BrO2S/c1-13(2)12(15)10-8(6-17-13)11-7(3-4-16-11)5-9(10)14/h5H,3-4,6H2,1-2H3. The minimum absolute atomic E-state index is 0.203. The molecule has 0 aromatic heterocycles. The third-order valence-corrected chi connectivity index (χ3v) is 5.34. The Morgan fingerprint density at radius 3 is 3.00 bits per heavy atom. The molecule has 2 aliphatic rings. The number of thioether (sulfide) groups is 1. The van der Waals surface area contributed by atoms with Crippen LogP contribution in [-0.4, -0.2) is 17.1 Å². The molecule has 2 heterocycles. The number of hydrogen-bond acceptors (Lipinski definition) is 3. The highest BCUT2D eigenvalue weighted by molar-refractivity contribution is 9.10. The lowest BCUT2D eigenvalue weighted by molar-refractivity contribution is 0.0954. The van der Waals surface area contributed by atoms with E-state index in [1.54, 1.807) is 11.8 Å². The Balaban J connectivity index is 2.24. The number of halogens is 1. The first-order valence-corrected chi connectivity index (χ1v) is 7.44. The number of carbonyl (C=O) groups is 1. The predicted molar refractivity (Wildman–Crippen MR) is 73.0 cm³/mol. The summed E-state index contributed by atoms with van der Waals surface area (Å²) in [6.45, 7) is 4.72. The molecular weight excluding hydrogens is 300 g/mol. The van der Waals surface area contributed by atoms with Gasteiger partial charge in [0.1, 0.15) is 5.75 Å². The molecular formula is C13H13BrO2S. The van der Waals surface area contributed by atoms with Crippen molar-refractivity contribution in [1.82, 2.24) is 0 Å². The van der Waals surface area contributed by atoms with Gasteiger partial charge in [-0.3, -0.25) is 4.79 Å². The van der Waals surface area contributed by atoms with Gasteiger partial charge in [-0.25, -0.2) is 0 Å². The largest absolute Gasteiger partial charge is 0.493 e. The van der Waals surface area contributed by atoms with Crippen LogP contribution in [0.25, 0.3) is 0 Å². The third kappa shape index (κ3) is 1.65. The Kier molecular flexibility index (Phi) is 2.56. The van der Waals surface area contributed by atoms with E-state index in [0.29, 0.717) is 0 Å². The van der Waals surface area contributed by atoms with Crippen molar-refractivity contribution < 1.29 is 9.53 Å². The summed E-state index contributed by atoms with van der Waals surface area (Å²) in [6, 6.07) is 2.05. The van der Waals surface area contributed by atoms with Gasteiger partial charge >= 0.3 is 0 Å². The Morgan fingerprint density at radius 2 is 2.24 bits per heavy atom. The van der Waals surface area contributed by atoms with Crippen molar-refractivity contribution >= 4 is 33.5 Å². The third-order valence-electron chi connectivity index (χ3n) is 3.38. The molecule has 0 radical (unpaired) electrons. The van der Waals surface area contributed by atoms with E-state index >= 15 is 0 Å². The maximum absolute atomic E-state index is 12.5. The molecule has 2 aliphatic heterocycles. The average molecular weight is 313 g/mol. The van der Waals surface area contributed by atoms with Gasteiger partial charge in [0.25, 0.3) is 0 Å². The number of Topliss-reactive ketones (excluding diaryl/α,β-unsaturated/α-hetero) is 1. The second-order valence-electron chi connectivity index (χ2n) is 4.93. The van der Waals surface area contributed by atoms with Gasteiger partial charge in [-0.2, -0.15) is 0 Å². The number of fused-ring (bicyclic) bond motifs is 3. The van der Waals surface area contributed by atoms with Crippen LogP contribution < -0.4 is 4.74 Å². The van der Waals surface area contributed by atoms with Crippen LogP contribution in [0.15, 0.2) is 10.5 Å². The zero-order chi connectivity index (χ0) is 12.2. The van der Waals surface area contributed by atoms with E-state index in [4.69, 9.17) is 4.74 Å². The zero-order valence-corrected chi connectivity index (χ0v) is 12.2. The first-order chi connectivity index (χ1) is 8.00. The number of hydrogen-bond donors (Lipinski definition) is 0. The first-order valence-electron chi connectivity index (χ1n) is 5.66. The predicted octanol–water partition coefficient (Wildman–Crippen LogP) is 3.59. The molecule has 90 valence electrons. The summed E-state index contributed by atoms with van der Waals surface area (Å²) in [4.78, 5) is 12.5. The van der Waals surface area contributed by atoms with Crippen molar-refractivity contribution in [2.45, 2.75) is 30.8 Å². The van der Waals surface area contributed by atoms with Crippen LogP contribution >= 0.6 is 27.7 Å². The molecule has 3 rings (SSSR count). The van der Waals surface area contributed by atoms with Gasteiger partial charge in [0.05, 0.1) is 11.4 Å². The molecule has 0 bridgehead atoms. The topological polar surface area (TPSA) is 26.3 Å². The maximum atomic E-state index is 12.5. The van der Waals surface area contributed by atoms with Crippen molar-refractivity contribution in [3.63, 3.8) is 0 Å². The van der Waals surface area contributed by atoms with Gasteiger partial charge in [0.2, 0.25) is 0 Å². The molecule has 4 heteroatoms. The summed E-state index contributed by atoms with van der Waals surface area (Å²) in [7, 11) is 0. The van der Waals surface area contributed by atoms with Crippen LogP contribution in [0.3, 0.4) is 0 Å². The molecule has 2 nitrogen and oxygen atoms in total. The van der Waals surface area contributed by atoms with E-state index in [1.165, 1.54) is 5.56 Å². The SMILES string of the molecule is CC1(C)SCc2c3c(cc(Br)c2C1=O)CCO3. The van der Waals surface area contributed by atoms with Gasteiger partial charge in [-0.1, -0.05) is 15.9 Å². The van der Waals surface area contributed by atoms with Gasteiger partial charge in [-0.05, 0) is 25.5 Å². The summed E-state index contributed by atoms with van der Waals surface area (Å²) >= 11 is 5.24. The van der Waals surface area contributed by atoms with Gasteiger partial charge in [0.15, 0.2) is 5.78 Å². The molecule has 0 unspecified atom stereocenters. The lowest BCUT2D eigenvalue weighted by Gasteiger charge is -2.30. The molecule has 1 aromatic rings. The second kappa shape index (κ2) is 3.75. The van der Waals surface area contributed by atoms with Gasteiger partial charge in [-0.15, -0.1) is 11.8 Å². The number of ether oxygens (including phenoxy) is 1. The first kappa shape index (κ1) is 11.6. The van der Waals surface area contributed by atoms with E-state index in [1.807, 2.05) is 19.9 Å². The fraction of sp³-hybridized carbons (Fsp3) is 0.462. The van der Waals surface area contributed by atoms with Crippen LogP contribution in [0.4, 0.5) is 0 Å². The molecule has 0 amide bonds. The number of rotatable bonds is 0. The minimum Gasteiger partial charge on any atom is -0.493 e. The highest BCUT2D eigenvalue weighted by Crippen LogP contribution is 2.46. The lowest BCUT2D eigenvalue weighted by atomic mass is 9.93. The molecule has 17 heavy (non-hydrogen) atoms. The number of carbonyl (C=O) groups excluding carboxylic acids is 1. The summed E-state index contributed by atoms with van der Waals surface area (Å²) < 4.78 is 6.28. The summed E-state index contributed by atoms with van der Waals surface area (Å²) in [6.07, 6.45) is 0.948. The van der Waals surface area contributed by atoms with Crippen LogP contribution in [-0.2, 0) is 12.2 Å². The van der Waals surface area contributed by atoms with E-state index in [2.05, 4.69) is 15.9 Å². The maximum Gasteiger partial charge on any atom is 0.179 e. The quantitative estimate of drug-likeness (QED) is 0.732. The van der Waals surface area contributed by atoms with E-state index in [9.17, 15) is 4.79 Å². The molecule has 0 fully saturated rings. The number of benzene rings is 1. The van der Waals surface area contributed by atoms with E-state index < -0.39 is 0 Å². The van der Waals surface area contributed by atoms with Gasteiger partial charge < -0.3 is 4.74 Å². The molecule has 0 spiro atoms. The Labute approximate surface area is 113 Å². The van der Waals surface area contributed by atoms with Crippen LogP contribution in [0, 0.1) is 0 Å². The average Bonchev–Trinajstić information content (AvgIpc) is 2.70. The fourth-order valence-corrected chi connectivity index (χ4v) is 4.08. The smallest absolute Gasteiger partial charge is 0.179 e. The fourth-order valence-electron chi connectivity index (χ4n) is 2.37. The summed E-state index contributed by atoms with van der Waals surface area (Å²) in [5.74, 6) is 2.02. The summed E-state index contributed by atoms with van der Waals surface area (Å²) in [5.41, 5.74) is 3.14. The Bertz CT molecular complexity index is 523. The minimum atomic E-state index is -0.331. The Morgan fingerprint density at radius 1 is 1.47 bits per heavy atom. The number of ketones is 1. The molecule has 0 atom stereocenters. The van der Waals surface area contributed by atoms with E-state index in [0.717, 1.165) is 40.1 Å². The highest BCUT2D eigenvalue weighted by atomic mass is 79.9. The molecule has 0 saturated heterocycles. The van der Waals surface area contributed by atoms with Crippen LogP contribution in [0.5, 0.6) is 5.75 Å². The summed E-state index contributed by atoms with van der Waals surface area (Å²) in [5, 5.41) is 0. The molecule has 1 aromatic carbocycles. The lowest BCUT2D eigenvalue weighted by Crippen LogP contribution is -2.33. The van der Waals surface area contributed by atoms with Crippen molar-refractivity contribution in [3.05, 3.63) is 27.2 Å². The van der Waals surface area contributed by atoms with Crippen molar-refractivity contribution in [2.24, 2.45) is 0 Å². The van der Waals surface area contributed by atoms with Gasteiger partial charge in [0, 0.05) is 27.8 Å². The molecule has 0 N–H and O–H groups in total. The highest BCUT2D eigenvalue weighted by Gasteiger charge is 2.39. The van der Waals surface area contributed by atoms with Crippen LogP contribution in [0.2, 0.25) is 0 Å². The molecule has 0 aliphatic carbocycles. The molecule has 0 saturated carbocycles. The zero-order valence-electron chi connectivity index (χ0n) is 9.80. The van der Waals surface area contributed by atoms with Crippen molar-refractivity contribution in [2.75, 3.05) is 6.61 Å². The Hall–Kier alpha value is -0.480. The van der Waals surface area contributed by atoms with Crippen molar-refractivity contribution in [3.8, 4) is 5.75 Å². The van der Waals surface area contributed by atoms with E-state index in [-0.39, 0.29) is 10.5 Å². The monoisotopic (exact) mass is 312 g/mol. The second-order valence-corrected chi connectivity index (χ2v) is 7.38.